The van der Waals surface area contributed by atoms with Crippen molar-refractivity contribution in [1.29, 1.82) is 0 Å². The Labute approximate surface area is 136 Å². The molecule has 7 nitrogen and oxygen atoms in total. The van der Waals surface area contributed by atoms with E-state index in [2.05, 4.69) is 20.9 Å². The summed E-state index contributed by atoms with van der Waals surface area (Å²) < 4.78 is 7.63. The number of aromatic nitrogens is 3. The molecular weight excluding hydrogens is 294 g/mol. The fourth-order valence-corrected chi connectivity index (χ4v) is 4.23. The summed E-state index contributed by atoms with van der Waals surface area (Å²) in [7, 11) is 0. The molecule has 0 aromatic carbocycles. The number of hydrogen-bond acceptors (Lipinski definition) is 5. The Morgan fingerprint density at radius 3 is 3.00 bits per heavy atom. The fourth-order valence-electron chi connectivity index (χ4n) is 4.23. The lowest BCUT2D eigenvalue weighted by atomic mass is 9.82. The molecule has 1 saturated carbocycles. The van der Waals surface area contributed by atoms with Crippen LogP contribution in [0.5, 0.6) is 0 Å². The molecule has 2 saturated heterocycles. The van der Waals surface area contributed by atoms with Crippen molar-refractivity contribution in [3.63, 3.8) is 0 Å². The molecule has 126 valence electrons. The predicted molar refractivity (Wildman–Crippen MR) is 84.1 cm³/mol. The number of ether oxygens (including phenoxy) is 1. The molecule has 3 atom stereocenters. The molecular formula is C16H25N5O2. The summed E-state index contributed by atoms with van der Waals surface area (Å²) in [4.78, 5) is 12.5. The van der Waals surface area contributed by atoms with E-state index < -0.39 is 0 Å². The maximum Gasteiger partial charge on any atom is 0.273 e. The van der Waals surface area contributed by atoms with Crippen molar-refractivity contribution in [2.24, 2.45) is 5.92 Å². The number of amides is 1. The summed E-state index contributed by atoms with van der Waals surface area (Å²) in [6.45, 7) is 2.82. The molecule has 0 radical (unpaired) electrons. The van der Waals surface area contributed by atoms with E-state index in [9.17, 15) is 4.79 Å². The van der Waals surface area contributed by atoms with Gasteiger partial charge in [-0.1, -0.05) is 5.21 Å². The number of nitrogens with one attached hydrogen (secondary N) is 2. The Bertz CT molecular complexity index is 554. The van der Waals surface area contributed by atoms with Gasteiger partial charge in [-0.3, -0.25) is 4.79 Å². The summed E-state index contributed by atoms with van der Waals surface area (Å²) in [5.41, 5.74) is 0.435. The SMILES string of the molecule is O=C(NC1CCCC2OCCC12)c1cn(C2CCNCC2)nn1. The van der Waals surface area contributed by atoms with Gasteiger partial charge in [0, 0.05) is 18.6 Å². The van der Waals surface area contributed by atoms with E-state index in [1.807, 2.05) is 4.68 Å². The van der Waals surface area contributed by atoms with Crippen LogP contribution in [-0.2, 0) is 4.74 Å². The molecule has 1 aliphatic carbocycles. The molecule has 3 unspecified atom stereocenters. The smallest absolute Gasteiger partial charge is 0.273 e. The van der Waals surface area contributed by atoms with Crippen LogP contribution in [0.2, 0.25) is 0 Å². The molecule has 3 aliphatic rings. The van der Waals surface area contributed by atoms with Crippen LogP contribution in [0, 0.1) is 5.92 Å². The third-order valence-electron chi connectivity index (χ3n) is 5.52. The highest BCUT2D eigenvalue weighted by Gasteiger charge is 2.38. The number of piperidine rings is 1. The molecule has 3 heterocycles. The summed E-state index contributed by atoms with van der Waals surface area (Å²) >= 11 is 0. The second-order valence-corrected chi connectivity index (χ2v) is 6.94. The maximum atomic E-state index is 12.5. The summed E-state index contributed by atoms with van der Waals surface area (Å²) in [6, 6.07) is 0.570. The molecule has 2 aliphatic heterocycles. The third kappa shape index (κ3) is 3.12. The molecule has 2 N–H and O–H groups in total. The molecule has 1 amide bonds. The summed E-state index contributed by atoms with van der Waals surface area (Å²) in [5, 5.41) is 14.8. The van der Waals surface area contributed by atoms with Crippen LogP contribution in [0.3, 0.4) is 0 Å². The van der Waals surface area contributed by atoms with E-state index >= 15 is 0 Å². The van der Waals surface area contributed by atoms with E-state index in [1.165, 1.54) is 0 Å². The maximum absolute atomic E-state index is 12.5. The first kappa shape index (κ1) is 15.1. The van der Waals surface area contributed by atoms with Gasteiger partial charge in [-0.25, -0.2) is 4.68 Å². The number of carbonyl (C=O) groups is 1. The van der Waals surface area contributed by atoms with Gasteiger partial charge in [-0.2, -0.15) is 0 Å². The Balaban J connectivity index is 1.40. The van der Waals surface area contributed by atoms with Crippen molar-refractivity contribution in [2.75, 3.05) is 19.7 Å². The first-order valence-electron chi connectivity index (χ1n) is 8.86. The van der Waals surface area contributed by atoms with Gasteiger partial charge in [0.1, 0.15) is 0 Å². The minimum Gasteiger partial charge on any atom is -0.378 e. The topological polar surface area (TPSA) is 81.1 Å². The highest BCUT2D eigenvalue weighted by atomic mass is 16.5. The average molecular weight is 319 g/mol. The van der Waals surface area contributed by atoms with Crippen molar-refractivity contribution in [3.8, 4) is 0 Å². The average Bonchev–Trinajstić information content (AvgIpc) is 3.25. The predicted octanol–water partition coefficient (Wildman–Crippen LogP) is 0.890. The monoisotopic (exact) mass is 319 g/mol. The van der Waals surface area contributed by atoms with E-state index in [1.54, 1.807) is 6.20 Å². The highest BCUT2D eigenvalue weighted by molar-refractivity contribution is 5.92. The number of hydrogen-bond donors (Lipinski definition) is 2. The molecule has 3 fully saturated rings. The summed E-state index contributed by atoms with van der Waals surface area (Å²) in [6.07, 6.45) is 8.55. The number of fused-ring (bicyclic) bond motifs is 1. The molecule has 1 aromatic heterocycles. The third-order valence-corrected chi connectivity index (χ3v) is 5.52. The molecule has 0 bridgehead atoms. The van der Waals surface area contributed by atoms with Gasteiger partial charge in [0.05, 0.1) is 18.3 Å². The van der Waals surface area contributed by atoms with E-state index in [4.69, 9.17) is 4.74 Å². The first-order valence-corrected chi connectivity index (χ1v) is 8.86. The second kappa shape index (κ2) is 6.57. The van der Waals surface area contributed by atoms with Crippen LogP contribution in [0.4, 0.5) is 0 Å². The van der Waals surface area contributed by atoms with E-state index in [-0.39, 0.29) is 11.9 Å². The lowest BCUT2D eigenvalue weighted by Crippen LogP contribution is -2.45. The van der Waals surface area contributed by atoms with Gasteiger partial charge in [-0.15, -0.1) is 5.10 Å². The van der Waals surface area contributed by atoms with Crippen LogP contribution in [0.15, 0.2) is 6.20 Å². The van der Waals surface area contributed by atoms with Crippen molar-refractivity contribution >= 4 is 5.91 Å². The van der Waals surface area contributed by atoms with E-state index in [0.29, 0.717) is 23.8 Å². The largest absolute Gasteiger partial charge is 0.378 e. The van der Waals surface area contributed by atoms with E-state index in [0.717, 1.165) is 58.2 Å². The van der Waals surface area contributed by atoms with Crippen LogP contribution < -0.4 is 10.6 Å². The van der Waals surface area contributed by atoms with Crippen molar-refractivity contribution < 1.29 is 9.53 Å². The molecule has 0 spiro atoms. The lowest BCUT2D eigenvalue weighted by Gasteiger charge is -2.32. The van der Waals surface area contributed by atoms with Gasteiger partial charge < -0.3 is 15.4 Å². The van der Waals surface area contributed by atoms with Crippen LogP contribution >= 0.6 is 0 Å². The number of rotatable bonds is 3. The Hall–Kier alpha value is -1.47. The van der Waals surface area contributed by atoms with Crippen molar-refractivity contribution in [1.82, 2.24) is 25.6 Å². The van der Waals surface area contributed by atoms with Crippen LogP contribution in [0.25, 0.3) is 0 Å². The minimum atomic E-state index is -0.0947. The quantitative estimate of drug-likeness (QED) is 0.865. The molecule has 7 heteroatoms. The van der Waals surface area contributed by atoms with Gasteiger partial charge in [0.25, 0.3) is 5.91 Å². The Morgan fingerprint density at radius 2 is 2.13 bits per heavy atom. The zero-order valence-electron chi connectivity index (χ0n) is 13.4. The lowest BCUT2D eigenvalue weighted by molar-refractivity contribution is 0.0509. The number of carbonyl (C=O) groups excluding carboxylic acids is 1. The van der Waals surface area contributed by atoms with Crippen LogP contribution in [0.1, 0.15) is 55.1 Å². The van der Waals surface area contributed by atoms with Crippen molar-refractivity contribution in [3.05, 3.63) is 11.9 Å². The van der Waals surface area contributed by atoms with Gasteiger partial charge in [0.15, 0.2) is 5.69 Å². The van der Waals surface area contributed by atoms with Crippen LogP contribution in [-0.4, -0.2) is 52.7 Å². The highest BCUT2D eigenvalue weighted by Crippen LogP contribution is 2.34. The zero-order chi connectivity index (χ0) is 15.6. The minimum absolute atomic E-state index is 0.0947. The molecule has 4 rings (SSSR count). The normalized spacial score (nSPS) is 31.7. The summed E-state index contributed by atoms with van der Waals surface area (Å²) in [5.74, 6) is 0.370. The second-order valence-electron chi connectivity index (χ2n) is 6.94. The fraction of sp³-hybridized carbons (Fsp3) is 0.812. The molecule has 1 aromatic rings. The van der Waals surface area contributed by atoms with Gasteiger partial charge in [0.2, 0.25) is 0 Å². The standard InChI is InChI=1S/C16H25N5O2/c22-16(18-13-2-1-3-15-12(13)6-9-23-15)14-10-21(20-19-14)11-4-7-17-8-5-11/h10-13,15,17H,1-9H2,(H,18,22). The Kier molecular flexibility index (Phi) is 4.31. The first-order chi connectivity index (χ1) is 11.3. The number of nitrogens with zero attached hydrogens (tertiary/aromatic N) is 3. The Morgan fingerprint density at radius 1 is 1.26 bits per heavy atom. The van der Waals surface area contributed by atoms with Gasteiger partial charge in [-0.05, 0) is 51.6 Å². The zero-order valence-corrected chi connectivity index (χ0v) is 13.4. The molecule has 23 heavy (non-hydrogen) atoms. The van der Waals surface area contributed by atoms with Crippen molar-refractivity contribution in [2.45, 2.75) is 56.7 Å². The van der Waals surface area contributed by atoms with Gasteiger partial charge >= 0.3 is 0 Å².